The molecule has 0 bridgehead atoms. The summed E-state index contributed by atoms with van der Waals surface area (Å²) >= 11 is 0. The van der Waals surface area contributed by atoms with Crippen LogP contribution in [0.25, 0.3) is 0 Å². The van der Waals surface area contributed by atoms with E-state index in [9.17, 15) is 14.7 Å². The van der Waals surface area contributed by atoms with Crippen LogP contribution in [0.1, 0.15) is 17.5 Å². The Morgan fingerprint density at radius 1 is 1.11 bits per heavy atom. The van der Waals surface area contributed by atoms with Gasteiger partial charge in [-0.3, -0.25) is 4.79 Å². The van der Waals surface area contributed by atoms with Crippen LogP contribution in [0.5, 0.6) is 0 Å². The summed E-state index contributed by atoms with van der Waals surface area (Å²) < 4.78 is 0. The lowest BCUT2D eigenvalue weighted by molar-refractivity contribution is -0.123. The minimum absolute atomic E-state index is 0. The number of aryl methyl sites for hydroxylation is 1. The molecule has 1 fully saturated rings. The summed E-state index contributed by atoms with van der Waals surface area (Å²) in [5.74, 6) is -0.137. The SMILES string of the molecule is Cc1cccc(NC(=O)Nc2cccc(CNC(=O)C3CC(O)CN3)c2)c1.Cl. The Bertz CT molecular complexity index is 831. The van der Waals surface area contributed by atoms with Crippen molar-refractivity contribution in [2.45, 2.75) is 32.0 Å². The summed E-state index contributed by atoms with van der Waals surface area (Å²) in [6.07, 6.45) is -0.0489. The fraction of sp³-hybridized carbons (Fsp3) is 0.300. The Balaban J connectivity index is 0.00000280. The lowest BCUT2D eigenvalue weighted by Gasteiger charge is -2.12. The summed E-state index contributed by atoms with van der Waals surface area (Å²) in [6, 6.07) is 14.2. The van der Waals surface area contributed by atoms with Gasteiger partial charge in [0, 0.05) is 24.5 Å². The highest BCUT2D eigenvalue weighted by molar-refractivity contribution is 5.99. The third-order valence-corrected chi connectivity index (χ3v) is 4.35. The van der Waals surface area contributed by atoms with Gasteiger partial charge in [0.05, 0.1) is 12.1 Å². The van der Waals surface area contributed by atoms with Crippen LogP contribution in [-0.2, 0) is 11.3 Å². The zero-order valence-electron chi connectivity index (χ0n) is 15.6. The molecular formula is C20H25ClN4O3. The van der Waals surface area contributed by atoms with Crippen LogP contribution in [0.15, 0.2) is 48.5 Å². The summed E-state index contributed by atoms with van der Waals surface area (Å²) in [6.45, 7) is 2.75. The first-order valence-electron chi connectivity index (χ1n) is 8.92. The number of urea groups is 1. The van der Waals surface area contributed by atoms with Crippen LogP contribution < -0.4 is 21.3 Å². The number of aliphatic hydroxyl groups is 1. The first-order valence-corrected chi connectivity index (χ1v) is 8.92. The van der Waals surface area contributed by atoms with Gasteiger partial charge in [0.2, 0.25) is 5.91 Å². The summed E-state index contributed by atoms with van der Waals surface area (Å²) in [5, 5.41) is 20.9. The highest BCUT2D eigenvalue weighted by atomic mass is 35.5. The van der Waals surface area contributed by atoms with Gasteiger partial charge in [-0.25, -0.2) is 4.79 Å². The van der Waals surface area contributed by atoms with E-state index >= 15 is 0 Å². The fourth-order valence-electron chi connectivity index (χ4n) is 3.00. The number of nitrogens with one attached hydrogen (secondary N) is 4. The zero-order chi connectivity index (χ0) is 19.2. The first-order chi connectivity index (χ1) is 13.0. The van der Waals surface area contributed by atoms with Crippen LogP contribution in [0.2, 0.25) is 0 Å². The zero-order valence-corrected chi connectivity index (χ0v) is 16.4. The summed E-state index contributed by atoms with van der Waals surface area (Å²) in [7, 11) is 0. The van der Waals surface area contributed by atoms with E-state index in [4.69, 9.17) is 0 Å². The smallest absolute Gasteiger partial charge is 0.323 e. The van der Waals surface area contributed by atoms with Gasteiger partial charge in [-0.2, -0.15) is 0 Å². The van der Waals surface area contributed by atoms with Crippen molar-refractivity contribution in [2.24, 2.45) is 0 Å². The van der Waals surface area contributed by atoms with E-state index in [-0.39, 0.29) is 30.4 Å². The number of carbonyl (C=O) groups excluding carboxylic acids is 2. The molecule has 150 valence electrons. The number of aliphatic hydroxyl groups excluding tert-OH is 1. The van der Waals surface area contributed by atoms with Crippen LogP contribution in [-0.4, -0.2) is 35.7 Å². The predicted molar refractivity (Wildman–Crippen MR) is 112 cm³/mol. The molecule has 28 heavy (non-hydrogen) atoms. The van der Waals surface area contributed by atoms with Crippen molar-refractivity contribution in [1.82, 2.24) is 10.6 Å². The third kappa shape index (κ3) is 6.23. The number of benzene rings is 2. The third-order valence-electron chi connectivity index (χ3n) is 4.35. The first kappa shape index (κ1) is 21.7. The second-order valence-electron chi connectivity index (χ2n) is 6.72. The normalized spacial score (nSPS) is 18.1. The molecule has 3 amide bonds. The maximum Gasteiger partial charge on any atom is 0.323 e. The van der Waals surface area contributed by atoms with Crippen molar-refractivity contribution >= 4 is 35.7 Å². The molecule has 1 heterocycles. The average molecular weight is 405 g/mol. The minimum atomic E-state index is -0.472. The van der Waals surface area contributed by atoms with Gasteiger partial charge in [-0.15, -0.1) is 12.4 Å². The van der Waals surface area contributed by atoms with Gasteiger partial charge in [0.25, 0.3) is 0 Å². The molecule has 0 aromatic heterocycles. The molecule has 0 spiro atoms. The predicted octanol–water partition coefficient (Wildman–Crippen LogP) is 2.40. The van der Waals surface area contributed by atoms with Gasteiger partial charge in [-0.1, -0.05) is 24.3 Å². The minimum Gasteiger partial charge on any atom is -0.392 e. The Kier molecular flexibility index (Phi) is 7.80. The molecule has 7 nitrogen and oxygen atoms in total. The molecule has 3 rings (SSSR count). The molecule has 2 aromatic carbocycles. The van der Waals surface area contributed by atoms with Gasteiger partial charge < -0.3 is 26.4 Å². The van der Waals surface area contributed by atoms with Crippen molar-refractivity contribution in [1.29, 1.82) is 0 Å². The van der Waals surface area contributed by atoms with Crippen molar-refractivity contribution in [3.63, 3.8) is 0 Å². The number of rotatable bonds is 5. The number of carbonyl (C=O) groups is 2. The highest BCUT2D eigenvalue weighted by Gasteiger charge is 2.27. The van der Waals surface area contributed by atoms with Crippen LogP contribution in [0.3, 0.4) is 0 Å². The van der Waals surface area contributed by atoms with E-state index < -0.39 is 6.10 Å². The molecule has 1 aliphatic rings. The van der Waals surface area contributed by atoms with Crippen molar-refractivity contribution < 1.29 is 14.7 Å². The molecule has 8 heteroatoms. The van der Waals surface area contributed by atoms with Gasteiger partial charge in [-0.05, 0) is 48.7 Å². The second kappa shape index (κ2) is 10.1. The molecule has 1 saturated heterocycles. The topological polar surface area (TPSA) is 102 Å². The van der Waals surface area contributed by atoms with Gasteiger partial charge in [0.1, 0.15) is 0 Å². The summed E-state index contributed by atoms with van der Waals surface area (Å²) in [5.41, 5.74) is 3.30. The number of hydrogen-bond donors (Lipinski definition) is 5. The standard InChI is InChI=1S/C20H24N4O3.ClH/c1-13-4-2-6-15(8-13)23-20(27)24-16-7-3-5-14(9-16)11-22-19(26)18-10-17(25)12-21-18;/h2-9,17-18,21,25H,10-12H2,1H3,(H,22,26)(H2,23,24,27);1H. The van der Waals surface area contributed by atoms with E-state index in [2.05, 4.69) is 21.3 Å². The molecule has 0 aliphatic carbocycles. The lowest BCUT2D eigenvalue weighted by Crippen LogP contribution is -2.40. The van der Waals surface area contributed by atoms with Crippen molar-refractivity contribution in [2.75, 3.05) is 17.2 Å². The van der Waals surface area contributed by atoms with Crippen LogP contribution >= 0.6 is 12.4 Å². The van der Waals surface area contributed by atoms with E-state index in [1.54, 1.807) is 6.07 Å². The molecule has 0 radical (unpaired) electrons. The van der Waals surface area contributed by atoms with E-state index in [1.807, 2.05) is 49.4 Å². The number of amides is 3. The van der Waals surface area contributed by atoms with Crippen molar-refractivity contribution in [3.05, 3.63) is 59.7 Å². The molecule has 2 aromatic rings. The average Bonchev–Trinajstić information content (AvgIpc) is 3.06. The lowest BCUT2D eigenvalue weighted by atomic mass is 10.1. The molecule has 2 atom stereocenters. The quantitative estimate of drug-likeness (QED) is 0.528. The van der Waals surface area contributed by atoms with Crippen molar-refractivity contribution in [3.8, 4) is 0 Å². The second-order valence-corrected chi connectivity index (χ2v) is 6.72. The fourth-order valence-corrected chi connectivity index (χ4v) is 3.00. The van der Waals surface area contributed by atoms with Gasteiger partial charge in [0.15, 0.2) is 0 Å². The van der Waals surface area contributed by atoms with Crippen LogP contribution in [0.4, 0.5) is 16.2 Å². The Morgan fingerprint density at radius 2 is 1.79 bits per heavy atom. The van der Waals surface area contributed by atoms with Crippen LogP contribution in [0, 0.1) is 6.92 Å². The molecule has 0 saturated carbocycles. The Hall–Kier alpha value is -2.61. The molecule has 2 unspecified atom stereocenters. The van der Waals surface area contributed by atoms with E-state index in [1.165, 1.54) is 0 Å². The highest BCUT2D eigenvalue weighted by Crippen LogP contribution is 2.14. The van der Waals surface area contributed by atoms with Gasteiger partial charge >= 0.3 is 6.03 Å². The number of hydrogen-bond acceptors (Lipinski definition) is 4. The largest absolute Gasteiger partial charge is 0.392 e. The molecule has 1 aliphatic heterocycles. The Morgan fingerprint density at radius 3 is 2.43 bits per heavy atom. The molecule has 5 N–H and O–H groups in total. The maximum atomic E-state index is 12.2. The maximum absolute atomic E-state index is 12.2. The number of β-amino-alcohol motifs (C(OH)–C–C–N with tert-alkyl or cyclic N) is 1. The van der Waals surface area contributed by atoms with E-state index in [0.29, 0.717) is 25.2 Å². The number of anilines is 2. The monoisotopic (exact) mass is 404 g/mol. The Labute approximate surface area is 170 Å². The summed E-state index contributed by atoms with van der Waals surface area (Å²) in [4.78, 5) is 24.2. The van der Waals surface area contributed by atoms with E-state index in [0.717, 1.165) is 16.8 Å². The number of halogens is 1. The molecular weight excluding hydrogens is 380 g/mol.